The first-order valence-corrected chi connectivity index (χ1v) is 11.1. The first-order chi connectivity index (χ1) is 16.6. The molecule has 1 unspecified atom stereocenters. The maximum Gasteiger partial charge on any atom is 0.258 e. The Morgan fingerprint density at radius 2 is 1.91 bits per heavy atom. The van der Waals surface area contributed by atoms with E-state index >= 15 is 0 Å². The van der Waals surface area contributed by atoms with Crippen LogP contribution < -0.4 is 19.5 Å². The van der Waals surface area contributed by atoms with Crippen molar-refractivity contribution in [2.45, 2.75) is 12.5 Å². The zero-order valence-corrected chi connectivity index (χ0v) is 18.8. The molecule has 5 rings (SSSR count). The van der Waals surface area contributed by atoms with Crippen LogP contribution in [0.4, 0.5) is 0 Å². The van der Waals surface area contributed by atoms with Crippen molar-refractivity contribution in [1.82, 2.24) is 10.3 Å². The highest BCUT2D eigenvalue weighted by Crippen LogP contribution is 2.38. The Hall–Kier alpha value is -3.97. The molecule has 0 aliphatic carbocycles. The van der Waals surface area contributed by atoms with Gasteiger partial charge in [0.1, 0.15) is 17.0 Å². The number of para-hydroxylation sites is 1. The van der Waals surface area contributed by atoms with E-state index in [0.717, 1.165) is 5.56 Å². The molecular weight excluding hydrogens is 456 g/mol. The van der Waals surface area contributed by atoms with E-state index in [-0.39, 0.29) is 31.5 Å². The van der Waals surface area contributed by atoms with Crippen molar-refractivity contribution in [3.8, 4) is 23.0 Å². The smallest absolute Gasteiger partial charge is 0.258 e. The normalized spacial score (nSPS) is 13.0. The van der Waals surface area contributed by atoms with Crippen molar-refractivity contribution in [2.75, 3.05) is 13.4 Å². The van der Waals surface area contributed by atoms with Gasteiger partial charge in [0.2, 0.25) is 6.79 Å². The second kappa shape index (κ2) is 9.49. The molecule has 1 aromatic heterocycles. The van der Waals surface area contributed by atoms with E-state index in [1.54, 1.807) is 42.6 Å². The molecule has 8 heteroatoms. The fraction of sp³-hybridized carbons (Fsp3) is 0.154. The average molecular weight is 477 g/mol. The Morgan fingerprint density at radius 1 is 1.09 bits per heavy atom. The van der Waals surface area contributed by atoms with Crippen LogP contribution in [0.3, 0.4) is 0 Å². The number of nitrogens with zero attached hydrogens (tertiary/aromatic N) is 1. The summed E-state index contributed by atoms with van der Waals surface area (Å²) in [5.41, 5.74) is 1.75. The summed E-state index contributed by atoms with van der Waals surface area (Å²) in [4.78, 5) is 17.1. The van der Waals surface area contributed by atoms with Crippen LogP contribution in [0.5, 0.6) is 23.0 Å². The zero-order chi connectivity index (χ0) is 23.5. The van der Waals surface area contributed by atoms with Gasteiger partial charge >= 0.3 is 0 Å². The van der Waals surface area contributed by atoms with Crippen LogP contribution >= 0.6 is 11.6 Å². The summed E-state index contributed by atoms with van der Waals surface area (Å²) in [6.45, 7) is -0.00938. The van der Waals surface area contributed by atoms with Crippen molar-refractivity contribution in [3.05, 3.63) is 89.1 Å². The minimum absolute atomic E-state index is 0.0283. The molecule has 0 radical (unpaired) electrons. The number of hydrogen-bond acceptors (Lipinski definition) is 6. The largest absolute Gasteiger partial charge is 0.505 e. The lowest BCUT2D eigenvalue weighted by atomic mass is 9.96. The molecule has 1 amide bonds. The lowest BCUT2D eigenvalue weighted by Crippen LogP contribution is -2.33. The summed E-state index contributed by atoms with van der Waals surface area (Å²) in [6.07, 6.45) is 1.87. The number of phenolic OH excluding ortho intramolecular Hbond substituents is 1. The number of carbonyl (C=O) groups excluding carboxylic acids is 1. The van der Waals surface area contributed by atoms with Gasteiger partial charge in [0.15, 0.2) is 18.1 Å². The van der Waals surface area contributed by atoms with Crippen LogP contribution in [0.1, 0.15) is 17.2 Å². The number of aromatic nitrogens is 1. The van der Waals surface area contributed by atoms with Crippen LogP contribution in [-0.4, -0.2) is 29.4 Å². The molecule has 4 aromatic rings. The average Bonchev–Trinajstić information content (AvgIpc) is 3.34. The van der Waals surface area contributed by atoms with Crippen molar-refractivity contribution < 1.29 is 24.1 Å². The van der Waals surface area contributed by atoms with Crippen LogP contribution in [-0.2, 0) is 11.2 Å². The minimum Gasteiger partial charge on any atom is -0.505 e. The number of aromatic hydroxyl groups is 1. The van der Waals surface area contributed by atoms with Crippen molar-refractivity contribution in [1.29, 1.82) is 0 Å². The fourth-order valence-electron chi connectivity index (χ4n) is 3.90. The highest BCUT2D eigenvalue weighted by molar-refractivity contribution is 6.35. The molecule has 34 heavy (non-hydrogen) atoms. The van der Waals surface area contributed by atoms with E-state index in [1.807, 2.05) is 30.3 Å². The number of rotatable bonds is 7. The molecule has 2 heterocycles. The van der Waals surface area contributed by atoms with Crippen LogP contribution in [0.2, 0.25) is 5.02 Å². The monoisotopic (exact) mass is 476 g/mol. The number of hydrogen-bond donors (Lipinski definition) is 2. The van der Waals surface area contributed by atoms with Gasteiger partial charge in [-0.15, -0.1) is 0 Å². The molecule has 0 bridgehead atoms. The van der Waals surface area contributed by atoms with Gasteiger partial charge in [-0.1, -0.05) is 35.9 Å². The molecule has 1 aliphatic rings. The zero-order valence-electron chi connectivity index (χ0n) is 18.0. The first-order valence-electron chi connectivity index (χ1n) is 10.7. The second-order valence-corrected chi connectivity index (χ2v) is 8.21. The Balaban J connectivity index is 1.43. The van der Waals surface area contributed by atoms with E-state index in [9.17, 15) is 9.90 Å². The highest BCUT2D eigenvalue weighted by atomic mass is 35.5. The van der Waals surface area contributed by atoms with E-state index < -0.39 is 6.04 Å². The third-order valence-corrected chi connectivity index (χ3v) is 5.88. The van der Waals surface area contributed by atoms with Gasteiger partial charge in [-0.2, -0.15) is 0 Å². The summed E-state index contributed by atoms with van der Waals surface area (Å²) in [5.74, 6) is 1.56. The first kappa shape index (κ1) is 21.9. The molecule has 2 N–H and O–H groups in total. The van der Waals surface area contributed by atoms with Gasteiger partial charge in [-0.3, -0.25) is 9.78 Å². The standard InChI is InChI=1S/C26H21ClN2O5/c27-20-11-17(26(31)25-19(20)7-4-10-28-25)12-21(16-8-9-22-23(13-16)34-15-33-22)29-24(30)14-32-18-5-2-1-3-6-18/h1-11,13,21,31H,12,14-15H2,(H,29,30). The van der Waals surface area contributed by atoms with Gasteiger partial charge in [0.25, 0.3) is 5.91 Å². The topological polar surface area (TPSA) is 89.9 Å². The molecule has 3 aromatic carbocycles. The highest BCUT2D eigenvalue weighted by Gasteiger charge is 2.23. The fourth-order valence-corrected chi connectivity index (χ4v) is 4.18. The van der Waals surface area contributed by atoms with Gasteiger partial charge in [0, 0.05) is 23.6 Å². The molecule has 0 saturated heterocycles. The van der Waals surface area contributed by atoms with Gasteiger partial charge < -0.3 is 24.6 Å². The number of amides is 1. The summed E-state index contributed by atoms with van der Waals surface area (Å²) < 4.78 is 16.5. The van der Waals surface area contributed by atoms with E-state index in [2.05, 4.69) is 10.3 Å². The molecule has 7 nitrogen and oxygen atoms in total. The molecular formula is C26H21ClN2O5. The van der Waals surface area contributed by atoms with Crippen molar-refractivity contribution in [3.63, 3.8) is 0 Å². The Morgan fingerprint density at radius 3 is 2.76 bits per heavy atom. The minimum atomic E-state index is -0.496. The number of halogens is 1. The Kier molecular flexibility index (Phi) is 6.10. The van der Waals surface area contributed by atoms with Gasteiger partial charge in [-0.25, -0.2) is 0 Å². The molecule has 0 fully saturated rings. The third-order valence-electron chi connectivity index (χ3n) is 5.57. The van der Waals surface area contributed by atoms with E-state index in [0.29, 0.717) is 38.7 Å². The lowest BCUT2D eigenvalue weighted by molar-refractivity contribution is -0.123. The number of carbonyl (C=O) groups is 1. The Labute approximate surface area is 200 Å². The second-order valence-electron chi connectivity index (χ2n) is 7.80. The number of pyridine rings is 1. The number of ether oxygens (including phenoxy) is 3. The SMILES string of the molecule is O=C(COc1ccccc1)NC(Cc1cc(Cl)c2cccnc2c1O)c1ccc2c(c1)OCO2. The maximum absolute atomic E-state index is 12.8. The summed E-state index contributed by atoms with van der Waals surface area (Å²) in [6, 6.07) is 19.4. The van der Waals surface area contributed by atoms with E-state index in [4.69, 9.17) is 25.8 Å². The lowest BCUT2D eigenvalue weighted by Gasteiger charge is -2.21. The summed E-state index contributed by atoms with van der Waals surface area (Å²) in [5, 5.41) is 15.0. The van der Waals surface area contributed by atoms with Crippen molar-refractivity contribution >= 4 is 28.4 Å². The van der Waals surface area contributed by atoms with Gasteiger partial charge in [-0.05, 0) is 48.0 Å². The third kappa shape index (κ3) is 4.56. The van der Waals surface area contributed by atoms with Crippen LogP contribution in [0, 0.1) is 0 Å². The quantitative estimate of drug-likeness (QED) is 0.398. The van der Waals surface area contributed by atoms with Crippen LogP contribution in [0.15, 0.2) is 72.9 Å². The Bertz CT molecular complexity index is 1350. The predicted octanol–water partition coefficient (Wildman–Crippen LogP) is 4.80. The van der Waals surface area contributed by atoms with Gasteiger partial charge in [0.05, 0.1) is 11.1 Å². The van der Waals surface area contributed by atoms with Crippen LogP contribution in [0.25, 0.3) is 10.9 Å². The molecule has 1 aliphatic heterocycles. The number of nitrogens with one attached hydrogen (secondary N) is 1. The summed E-state index contributed by atoms with van der Waals surface area (Å²) in [7, 11) is 0. The molecule has 0 saturated carbocycles. The number of benzene rings is 3. The molecule has 1 atom stereocenters. The maximum atomic E-state index is 12.8. The summed E-state index contributed by atoms with van der Waals surface area (Å²) >= 11 is 6.47. The molecule has 0 spiro atoms. The predicted molar refractivity (Wildman–Crippen MR) is 128 cm³/mol. The van der Waals surface area contributed by atoms with Crippen molar-refractivity contribution in [2.24, 2.45) is 0 Å². The number of fused-ring (bicyclic) bond motifs is 2. The molecule has 172 valence electrons. The van der Waals surface area contributed by atoms with E-state index in [1.165, 1.54) is 0 Å². The number of phenols is 1.